The summed E-state index contributed by atoms with van der Waals surface area (Å²) in [6, 6.07) is 1.41. The van der Waals surface area contributed by atoms with Crippen molar-refractivity contribution in [3.05, 3.63) is 19.8 Å². The Morgan fingerprint density at radius 2 is 2.18 bits per heavy atom. The zero-order chi connectivity index (χ0) is 13.1. The first-order valence-corrected chi connectivity index (χ1v) is 7.07. The maximum atomic E-state index is 12.2. The highest BCUT2D eigenvalue weighted by atomic mass is 79.9. The lowest BCUT2D eigenvalue weighted by atomic mass is 10.1. The van der Waals surface area contributed by atoms with Crippen LogP contribution in [0.5, 0.6) is 0 Å². The zero-order valence-electron chi connectivity index (χ0n) is 9.07. The van der Waals surface area contributed by atoms with Gasteiger partial charge in [0.25, 0.3) is 0 Å². The first-order chi connectivity index (χ1) is 7.83. The van der Waals surface area contributed by atoms with E-state index >= 15 is 0 Å². The van der Waals surface area contributed by atoms with Crippen molar-refractivity contribution in [2.45, 2.75) is 32.0 Å². The summed E-state index contributed by atoms with van der Waals surface area (Å²) in [5.41, 5.74) is 0. The van der Waals surface area contributed by atoms with Crippen LogP contribution in [-0.4, -0.2) is 12.7 Å². The van der Waals surface area contributed by atoms with Gasteiger partial charge in [0.15, 0.2) is 0 Å². The number of thiophene rings is 1. The smallest absolute Gasteiger partial charge is 0.310 e. The monoisotopic (exact) mass is 349 g/mol. The minimum atomic E-state index is -4.12. The maximum Gasteiger partial charge on any atom is 0.389 e. The fraction of sp³-hybridized carbons (Fsp3) is 0.600. The molecule has 1 atom stereocenters. The Morgan fingerprint density at radius 3 is 2.59 bits per heavy atom. The van der Waals surface area contributed by atoms with Crippen molar-refractivity contribution < 1.29 is 13.2 Å². The minimum absolute atomic E-state index is 0.0284. The molecular formula is C10H12BrClF3NS. The lowest BCUT2D eigenvalue weighted by Crippen LogP contribution is -2.22. The Morgan fingerprint density at radius 1 is 1.53 bits per heavy atom. The molecule has 0 spiro atoms. The van der Waals surface area contributed by atoms with Crippen molar-refractivity contribution in [1.29, 1.82) is 0 Å². The highest BCUT2D eigenvalue weighted by Gasteiger charge is 2.29. The third kappa shape index (κ3) is 5.16. The van der Waals surface area contributed by atoms with Crippen molar-refractivity contribution in [3.8, 4) is 0 Å². The summed E-state index contributed by atoms with van der Waals surface area (Å²) in [5, 5.41) is 3.58. The number of halogens is 5. The van der Waals surface area contributed by atoms with Crippen molar-refractivity contribution in [2.75, 3.05) is 6.54 Å². The molecule has 1 heterocycles. The van der Waals surface area contributed by atoms with Crippen LogP contribution in [0.3, 0.4) is 0 Å². The van der Waals surface area contributed by atoms with Crippen LogP contribution in [0.4, 0.5) is 13.2 Å². The fourth-order valence-electron chi connectivity index (χ4n) is 1.43. The number of hydrogen-bond acceptors (Lipinski definition) is 2. The molecule has 0 amide bonds. The highest BCUT2D eigenvalue weighted by molar-refractivity contribution is 9.11. The van der Waals surface area contributed by atoms with Crippen molar-refractivity contribution in [1.82, 2.24) is 5.32 Å². The highest BCUT2D eigenvalue weighted by Crippen LogP contribution is 2.37. The van der Waals surface area contributed by atoms with Gasteiger partial charge in [-0.1, -0.05) is 18.5 Å². The Bertz CT molecular complexity index is 347. The zero-order valence-corrected chi connectivity index (χ0v) is 12.2. The molecule has 0 aliphatic carbocycles. The second-order valence-corrected chi connectivity index (χ2v) is 6.34. The summed E-state index contributed by atoms with van der Waals surface area (Å²) in [6.45, 7) is 2.49. The Hall–Kier alpha value is 0.220. The predicted octanol–water partition coefficient (Wildman–Crippen LogP) is 5.16. The lowest BCUT2D eigenvalue weighted by molar-refractivity contribution is -0.136. The number of nitrogens with one attached hydrogen (secondary N) is 1. The minimum Gasteiger partial charge on any atom is -0.310 e. The Kier molecular flexibility index (Phi) is 5.76. The van der Waals surface area contributed by atoms with Crippen LogP contribution in [0.1, 0.15) is 30.7 Å². The summed E-state index contributed by atoms with van der Waals surface area (Å²) < 4.78 is 37.3. The first-order valence-electron chi connectivity index (χ1n) is 5.08. The van der Waals surface area contributed by atoms with E-state index < -0.39 is 12.6 Å². The third-order valence-corrected chi connectivity index (χ3v) is 4.76. The van der Waals surface area contributed by atoms with Gasteiger partial charge in [0, 0.05) is 17.3 Å². The number of hydrogen-bond donors (Lipinski definition) is 1. The standard InChI is InChI=1S/C10H12BrClF3NS/c1-2-16-7(3-4-10(13,14)15)8-5-6(12)9(11)17-8/h5,7,16H,2-4H2,1H3. The Labute approximate surface area is 115 Å². The van der Waals surface area contributed by atoms with Gasteiger partial charge in [-0.2, -0.15) is 13.2 Å². The number of rotatable bonds is 5. The summed E-state index contributed by atoms with van der Waals surface area (Å²) in [5.74, 6) is 0. The van der Waals surface area contributed by atoms with E-state index in [0.717, 1.165) is 8.66 Å². The van der Waals surface area contributed by atoms with E-state index in [2.05, 4.69) is 21.2 Å². The molecule has 1 N–H and O–H groups in total. The van der Waals surface area contributed by atoms with E-state index in [1.54, 1.807) is 6.07 Å². The summed E-state index contributed by atoms with van der Waals surface area (Å²) in [6.07, 6.45) is -4.88. The topological polar surface area (TPSA) is 12.0 Å². The summed E-state index contributed by atoms with van der Waals surface area (Å²) in [4.78, 5) is 0.827. The average molecular weight is 351 g/mol. The van der Waals surface area contributed by atoms with E-state index in [0.29, 0.717) is 11.6 Å². The molecule has 1 aromatic heterocycles. The summed E-state index contributed by atoms with van der Waals surface area (Å²) in [7, 11) is 0. The van der Waals surface area contributed by atoms with Gasteiger partial charge in [-0.05, 0) is 35.0 Å². The van der Waals surface area contributed by atoms with Gasteiger partial charge in [-0.3, -0.25) is 0 Å². The van der Waals surface area contributed by atoms with Crippen LogP contribution in [0.25, 0.3) is 0 Å². The largest absolute Gasteiger partial charge is 0.389 e. The van der Waals surface area contributed by atoms with Gasteiger partial charge >= 0.3 is 6.18 Å². The fourth-order valence-corrected chi connectivity index (χ4v) is 3.29. The molecule has 98 valence electrons. The molecule has 1 unspecified atom stereocenters. The van der Waals surface area contributed by atoms with Crippen molar-refractivity contribution >= 4 is 38.9 Å². The lowest BCUT2D eigenvalue weighted by Gasteiger charge is -2.17. The van der Waals surface area contributed by atoms with Gasteiger partial charge in [0.1, 0.15) is 0 Å². The van der Waals surface area contributed by atoms with Crippen LogP contribution >= 0.6 is 38.9 Å². The molecule has 0 aliphatic heterocycles. The van der Waals surface area contributed by atoms with E-state index in [1.807, 2.05) is 6.92 Å². The molecule has 1 aromatic rings. The van der Waals surface area contributed by atoms with E-state index in [-0.39, 0.29) is 12.5 Å². The molecule has 0 saturated carbocycles. The molecule has 0 aromatic carbocycles. The molecular weight excluding hydrogens is 339 g/mol. The van der Waals surface area contributed by atoms with Crippen LogP contribution in [0.2, 0.25) is 5.02 Å². The van der Waals surface area contributed by atoms with Crippen LogP contribution in [-0.2, 0) is 0 Å². The molecule has 0 saturated heterocycles. The second kappa shape index (κ2) is 6.41. The average Bonchev–Trinajstić information content (AvgIpc) is 2.52. The van der Waals surface area contributed by atoms with Gasteiger partial charge in [-0.25, -0.2) is 0 Å². The van der Waals surface area contributed by atoms with Gasteiger partial charge in [-0.15, -0.1) is 11.3 Å². The molecule has 1 nitrogen and oxygen atoms in total. The van der Waals surface area contributed by atoms with Crippen LogP contribution < -0.4 is 5.32 Å². The van der Waals surface area contributed by atoms with Gasteiger partial charge < -0.3 is 5.32 Å². The second-order valence-electron chi connectivity index (χ2n) is 3.53. The molecule has 0 bridgehead atoms. The van der Waals surface area contributed by atoms with Crippen molar-refractivity contribution in [3.63, 3.8) is 0 Å². The van der Waals surface area contributed by atoms with E-state index in [1.165, 1.54) is 11.3 Å². The Balaban J connectivity index is 2.71. The molecule has 0 aliphatic rings. The molecule has 0 fully saturated rings. The van der Waals surface area contributed by atoms with E-state index in [9.17, 15) is 13.2 Å². The molecule has 0 radical (unpaired) electrons. The van der Waals surface area contributed by atoms with E-state index in [4.69, 9.17) is 11.6 Å². The molecule has 7 heteroatoms. The van der Waals surface area contributed by atoms with Crippen LogP contribution in [0.15, 0.2) is 9.85 Å². The van der Waals surface area contributed by atoms with Gasteiger partial charge in [0.05, 0.1) is 8.81 Å². The third-order valence-electron chi connectivity index (χ3n) is 2.17. The van der Waals surface area contributed by atoms with Crippen molar-refractivity contribution in [2.24, 2.45) is 0 Å². The normalized spacial score (nSPS) is 14.0. The summed E-state index contributed by atoms with van der Waals surface area (Å²) >= 11 is 10.5. The van der Waals surface area contributed by atoms with Gasteiger partial charge in [0.2, 0.25) is 0 Å². The SMILES string of the molecule is CCNC(CCC(F)(F)F)c1cc(Cl)c(Br)s1. The maximum absolute atomic E-state index is 12.2. The number of alkyl halides is 3. The molecule has 1 rings (SSSR count). The first kappa shape index (κ1) is 15.3. The quantitative estimate of drug-likeness (QED) is 0.773. The van der Waals surface area contributed by atoms with Crippen LogP contribution in [0, 0.1) is 0 Å². The molecule has 17 heavy (non-hydrogen) atoms. The predicted molar refractivity (Wildman–Crippen MR) is 68.7 cm³/mol.